The molecule has 0 bridgehead atoms. The van der Waals surface area contributed by atoms with Crippen molar-refractivity contribution in [3.63, 3.8) is 0 Å². The van der Waals surface area contributed by atoms with Gasteiger partial charge < -0.3 is 33.8 Å². The molecule has 0 saturated carbocycles. The van der Waals surface area contributed by atoms with Gasteiger partial charge in [0, 0.05) is 25.7 Å². The Morgan fingerprint density at radius 2 is 0.526 bits per heavy atom. The number of unbranched alkanes of at least 4 members (excludes halogenated alkanes) is 46. The number of hydrogen-bond acceptors (Lipinski definition) is 15. The van der Waals surface area contributed by atoms with Crippen molar-refractivity contribution in [1.82, 2.24) is 0 Å². The fourth-order valence-corrected chi connectivity index (χ4v) is 13.6. The van der Waals surface area contributed by atoms with E-state index < -0.39 is 97.5 Å². The van der Waals surface area contributed by atoms with Crippen LogP contribution in [0.2, 0.25) is 0 Å². The average molecular weight is 1420 g/mol. The zero-order valence-corrected chi connectivity index (χ0v) is 65.2. The lowest BCUT2D eigenvalue weighted by atomic mass is 9.99. The van der Waals surface area contributed by atoms with Crippen LogP contribution in [0.1, 0.15) is 408 Å². The van der Waals surface area contributed by atoms with Gasteiger partial charge in [0.1, 0.15) is 19.3 Å². The number of hydrogen-bond donors (Lipinski definition) is 3. The summed E-state index contributed by atoms with van der Waals surface area (Å²) in [5, 5.41) is 10.6. The van der Waals surface area contributed by atoms with Crippen molar-refractivity contribution in [1.29, 1.82) is 0 Å². The predicted octanol–water partition coefficient (Wildman–Crippen LogP) is 23.1. The van der Waals surface area contributed by atoms with Crippen molar-refractivity contribution in [3.05, 3.63) is 0 Å². The molecule has 17 nitrogen and oxygen atoms in total. The van der Waals surface area contributed by atoms with E-state index in [4.69, 9.17) is 37.0 Å². The highest BCUT2D eigenvalue weighted by Gasteiger charge is 2.30. The number of carbonyl (C=O) groups excluding carboxylic acids is 4. The molecule has 0 aliphatic heterocycles. The van der Waals surface area contributed by atoms with Crippen LogP contribution < -0.4 is 0 Å². The molecular weight excluding hydrogens is 1270 g/mol. The van der Waals surface area contributed by atoms with Crippen LogP contribution in [-0.2, 0) is 65.4 Å². The first kappa shape index (κ1) is 95.1. The van der Waals surface area contributed by atoms with Gasteiger partial charge in [-0.05, 0) is 37.5 Å². The van der Waals surface area contributed by atoms with E-state index in [-0.39, 0.29) is 25.7 Å². The Hall–Kier alpha value is -1.94. The largest absolute Gasteiger partial charge is 0.472 e. The minimum atomic E-state index is -4.96. The lowest BCUT2D eigenvalue weighted by Gasteiger charge is -2.21. The molecule has 0 aromatic carbocycles. The highest BCUT2D eigenvalue weighted by atomic mass is 31.2. The first-order chi connectivity index (χ1) is 46.9. The maximum Gasteiger partial charge on any atom is 0.472 e. The maximum absolute atomic E-state index is 13.1. The van der Waals surface area contributed by atoms with Gasteiger partial charge in [0.05, 0.1) is 26.4 Å². The maximum atomic E-state index is 13.1. The first-order valence-electron chi connectivity index (χ1n) is 40.5. The molecule has 0 amide bonds. The number of carbonyl (C=O) groups is 4. The number of rotatable bonds is 77. The second-order valence-electron chi connectivity index (χ2n) is 28.8. The number of phosphoric ester groups is 2. The summed E-state index contributed by atoms with van der Waals surface area (Å²) in [4.78, 5) is 72.7. The molecule has 0 aliphatic rings. The smallest absolute Gasteiger partial charge is 0.462 e. The molecule has 0 aromatic heterocycles. The Labute approximate surface area is 594 Å². The van der Waals surface area contributed by atoms with Crippen molar-refractivity contribution in [3.8, 4) is 0 Å². The molecule has 0 aliphatic carbocycles. The normalized spacial score (nSPS) is 14.2. The van der Waals surface area contributed by atoms with Crippen LogP contribution >= 0.6 is 15.6 Å². The first-order valence-corrected chi connectivity index (χ1v) is 43.5. The molecule has 0 rings (SSSR count). The zero-order chi connectivity index (χ0) is 71.4. The lowest BCUT2D eigenvalue weighted by molar-refractivity contribution is -0.161. The average Bonchev–Trinajstić information content (AvgIpc) is 1.17. The van der Waals surface area contributed by atoms with E-state index in [2.05, 4.69) is 41.5 Å². The minimum absolute atomic E-state index is 0.105. The van der Waals surface area contributed by atoms with E-state index >= 15 is 0 Å². The second kappa shape index (κ2) is 69.8. The van der Waals surface area contributed by atoms with E-state index in [9.17, 15) is 43.2 Å². The Kier molecular flexibility index (Phi) is 68.4. The van der Waals surface area contributed by atoms with Gasteiger partial charge in [-0.25, -0.2) is 9.13 Å². The third-order valence-corrected chi connectivity index (χ3v) is 20.5. The number of aliphatic hydroxyl groups excluding tert-OH is 1. The number of phosphoric acid groups is 2. The summed E-state index contributed by atoms with van der Waals surface area (Å²) < 4.78 is 68.5. The van der Waals surface area contributed by atoms with Crippen LogP contribution in [0.3, 0.4) is 0 Å². The van der Waals surface area contributed by atoms with Crippen LogP contribution in [0.5, 0.6) is 0 Å². The van der Waals surface area contributed by atoms with Gasteiger partial charge in [-0.2, -0.15) is 0 Å². The minimum Gasteiger partial charge on any atom is -0.462 e. The van der Waals surface area contributed by atoms with Gasteiger partial charge in [0.15, 0.2) is 12.2 Å². The Bertz CT molecular complexity index is 1870. The fraction of sp³-hybridized carbons (Fsp3) is 0.949. The Morgan fingerprint density at radius 1 is 0.299 bits per heavy atom. The zero-order valence-electron chi connectivity index (χ0n) is 63.4. The van der Waals surface area contributed by atoms with Crippen molar-refractivity contribution >= 4 is 39.5 Å². The highest BCUT2D eigenvalue weighted by Crippen LogP contribution is 2.45. The molecule has 0 spiro atoms. The molecule has 19 heteroatoms. The number of aliphatic hydroxyl groups is 1. The molecule has 6 atom stereocenters. The van der Waals surface area contributed by atoms with Crippen LogP contribution in [0.15, 0.2) is 0 Å². The molecule has 97 heavy (non-hydrogen) atoms. The third-order valence-electron chi connectivity index (χ3n) is 18.6. The van der Waals surface area contributed by atoms with Crippen LogP contribution in [-0.4, -0.2) is 96.7 Å². The quantitative estimate of drug-likeness (QED) is 0.0222. The highest BCUT2D eigenvalue weighted by molar-refractivity contribution is 7.47. The Morgan fingerprint density at radius 3 is 0.784 bits per heavy atom. The van der Waals surface area contributed by atoms with Crippen LogP contribution in [0, 0.1) is 11.8 Å². The fourth-order valence-electron chi connectivity index (χ4n) is 12.0. The molecule has 3 unspecified atom stereocenters. The van der Waals surface area contributed by atoms with E-state index in [0.29, 0.717) is 25.7 Å². The lowest BCUT2D eigenvalue weighted by Crippen LogP contribution is -2.30. The van der Waals surface area contributed by atoms with E-state index in [1.807, 2.05) is 0 Å². The second-order valence-corrected chi connectivity index (χ2v) is 31.7. The van der Waals surface area contributed by atoms with Gasteiger partial charge in [-0.1, -0.05) is 356 Å². The van der Waals surface area contributed by atoms with E-state index in [0.717, 1.165) is 115 Å². The van der Waals surface area contributed by atoms with Crippen molar-refractivity contribution < 1.29 is 80.2 Å². The summed E-state index contributed by atoms with van der Waals surface area (Å²) in [5.74, 6) is -0.560. The molecule has 0 fully saturated rings. The molecule has 3 N–H and O–H groups in total. The summed E-state index contributed by atoms with van der Waals surface area (Å²) in [6.45, 7) is 9.57. The SMILES string of the molecule is CCCCCCCCCCCCCCCCCCCCCCCCC(=O)O[C@H](COC(=O)CCCCCCCCCCCCCCCC(C)C)COP(=O)(O)OC[C@@H](O)COP(=O)(O)OC[C@@H](COC(=O)CCCCCCCCC)OC(=O)CCCCCCCCCCC(C)CC. The van der Waals surface area contributed by atoms with Gasteiger partial charge in [0.25, 0.3) is 0 Å². The summed E-state index contributed by atoms with van der Waals surface area (Å²) >= 11 is 0. The van der Waals surface area contributed by atoms with Crippen LogP contribution in [0.4, 0.5) is 0 Å². The van der Waals surface area contributed by atoms with Gasteiger partial charge in [-0.3, -0.25) is 37.3 Å². The third kappa shape index (κ3) is 70.9. The van der Waals surface area contributed by atoms with Crippen molar-refractivity contribution in [2.24, 2.45) is 11.8 Å². The predicted molar refractivity (Wildman–Crippen MR) is 395 cm³/mol. The van der Waals surface area contributed by atoms with Gasteiger partial charge >= 0.3 is 39.5 Å². The summed E-state index contributed by atoms with van der Waals surface area (Å²) in [7, 11) is -9.91. The van der Waals surface area contributed by atoms with E-state index in [1.165, 1.54) is 212 Å². The molecule has 0 aromatic rings. The summed E-state index contributed by atoms with van der Waals surface area (Å²) in [6.07, 6.45) is 58.6. The molecule has 0 radical (unpaired) electrons. The molecule has 576 valence electrons. The molecule has 0 heterocycles. The van der Waals surface area contributed by atoms with Gasteiger partial charge in [-0.15, -0.1) is 0 Å². The topological polar surface area (TPSA) is 237 Å². The van der Waals surface area contributed by atoms with Gasteiger partial charge in [0.2, 0.25) is 0 Å². The summed E-state index contributed by atoms with van der Waals surface area (Å²) in [6, 6.07) is 0. The monoisotopic (exact) mass is 1420 g/mol. The number of esters is 4. The van der Waals surface area contributed by atoms with E-state index in [1.54, 1.807) is 0 Å². The van der Waals surface area contributed by atoms with Crippen molar-refractivity contribution in [2.75, 3.05) is 39.6 Å². The van der Waals surface area contributed by atoms with Crippen molar-refractivity contribution in [2.45, 2.75) is 426 Å². The van der Waals surface area contributed by atoms with Crippen LogP contribution in [0.25, 0.3) is 0 Å². The Balaban J connectivity index is 5.16. The summed E-state index contributed by atoms with van der Waals surface area (Å²) in [5.41, 5.74) is 0. The number of ether oxygens (including phenoxy) is 4. The molecular formula is C78H152O17P2. The molecule has 0 saturated heterocycles. The standard InChI is InChI=1S/C78H152O17P2/c1-7-10-12-14-16-17-18-19-20-21-22-23-24-25-26-27-30-34-37-44-50-56-62-77(82)94-74(67-89-76(81)61-55-49-43-36-33-31-28-29-32-35-41-46-52-58-70(4)5)69-93-97(86,87)91-65-72(79)64-90-96(84,85)92-68-73(66-88-75(80)60-54-48-40-15-13-11-8-2)95-78(83)63-57-51-45-39-38-42-47-53-59-71(6)9-3/h70-74,79H,7-69H2,1-6H3,(H,84,85)(H,86,87)/t71?,72-,73+,74+/m0/s1.